The van der Waals surface area contributed by atoms with Crippen molar-refractivity contribution in [2.75, 3.05) is 23.3 Å². The molecule has 0 saturated carbocycles. The first-order valence-corrected chi connectivity index (χ1v) is 9.49. The number of piperidine rings is 1. The lowest BCUT2D eigenvalue weighted by molar-refractivity contribution is -0.120. The van der Waals surface area contributed by atoms with Crippen LogP contribution in [0.15, 0.2) is 53.5 Å². The molecule has 1 aliphatic heterocycles. The summed E-state index contributed by atoms with van der Waals surface area (Å²) in [5.74, 6) is 1.30. The summed E-state index contributed by atoms with van der Waals surface area (Å²) in [5, 5.41) is 15.6. The highest BCUT2D eigenvalue weighted by molar-refractivity contribution is 9.10. The predicted molar refractivity (Wildman–Crippen MR) is 105 cm³/mol. The molecule has 8 nitrogen and oxygen atoms in total. The summed E-state index contributed by atoms with van der Waals surface area (Å²) in [5.41, 5.74) is 0.789. The molecule has 138 valence electrons. The van der Waals surface area contributed by atoms with Crippen LogP contribution in [0.5, 0.6) is 0 Å². The molecule has 3 aromatic rings. The first-order chi connectivity index (χ1) is 13.2. The molecule has 0 bridgehead atoms. The zero-order valence-electron chi connectivity index (χ0n) is 14.5. The van der Waals surface area contributed by atoms with Crippen LogP contribution >= 0.6 is 15.9 Å². The van der Waals surface area contributed by atoms with Gasteiger partial charge in [0.25, 0.3) is 0 Å². The van der Waals surface area contributed by atoms with E-state index in [1.165, 1.54) is 6.33 Å². The Labute approximate surface area is 164 Å². The summed E-state index contributed by atoms with van der Waals surface area (Å²) in [6.45, 7) is 1.48. The van der Waals surface area contributed by atoms with E-state index in [0.29, 0.717) is 12.4 Å². The minimum absolute atomic E-state index is 0.0267. The van der Waals surface area contributed by atoms with Crippen molar-refractivity contribution in [3.05, 3.63) is 53.5 Å². The SMILES string of the molecule is O=C(Nc1ccccc1Br)C1CCCN(c2ccc(-n3cncn3)nn2)C1. The highest BCUT2D eigenvalue weighted by Gasteiger charge is 2.27. The van der Waals surface area contributed by atoms with Crippen LogP contribution < -0.4 is 10.2 Å². The zero-order chi connectivity index (χ0) is 18.6. The Morgan fingerprint density at radius 1 is 1.15 bits per heavy atom. The number of carbonyl (C=O) groups excluding carboxylic acids is 1. The smallest absolute Gasteiger partial charge is 0.229 e. The fraction of sp³-hybridized carbons (Fsp3) is 0.278. The average molecular weight is 428 g/mol. The number of anilines is 2. The summed E-state index contributed by atoms with van der Waals surface area (Å²) in [6, 6.07) is 11.4. The maximum absolute atomic E-state index is 12.7. The first-order valence-electron chi connectivity index (χ1n) is 8.70. The molecule has 9 heteroatoms. The molecule has 0 aliphatic carbocycles. The summed E-state index contributed by atoms with van der Waals surface area (Å²) < 4.78 is 2.43. The fourth-order valence-corrected chi connectivity index (χ4v) is 3.52. The predicted octanol–water partition coefficient (Wildman–Crippen LogP) is 2.67. The van der Waals surface area contributed by atoms with Crippen molar-refractivity contribution in [3.8, 4) is 5.82 Å². The largest absolute Gasteiger partial charge is 0.354 e. The summed E-state index contributed by atoms with van der Waals surface area (Å²) in [6.07, 6.45) is 4.82. The first kappa shape index (κ1) is 17.6. The van der Waals surface area contributed by atoms with Gasteiger partial charge in [0.15, 0.2) is 11.6 Å². The molecule has 3 heterocycles. The lowest BCUT2D eigenvalue weighted by Crippen LogP contribution is -2.41. The van der Waals surface area contributed by atoms with Gasteiger partial charge in [0.2, 0.25) is 5.91 Å². The minimum Gasteiger partial charge on any atom is -0.354 e. The molecule has 1 unspecified atom stereocenters. The number of rotatable bonds is 4. The number of halogens is 1. The standard InChI is InChI=1S/C18H18BrN7O/c19-14-5-1-2-6-15(14)22-18(27)13-4-3-9-25(10-13)16-7-8-17(24-23-16)26-12-20-11-21-26/h1-2,5-8,11-13H,3-4,9-10H2,(H,22,27). The van der Waals surface area contributed by atoms with Gasteiger partial charge >= 0.3 is 0 Å². The van der Waals surface area contributed by atoms with Crippen LogP contribution in [0.25, 0.3) is 5.82 Å². The number of benzene rings is 1. The van der Waals surface area contributed by atoms with E-state index in [4.69, 9.17) is 0 Å². The van der Waals surface area contributed by atoms with Crippen molar-refractivity contribution < 1.29 is 4.79 Å². The van der Waals surface area contributed by atoms with Gasteiger partial charge in [-0.3, -0.25) is 4.79 Å². The lowest BCUT2D eigenvalue weighted by Gasteiger charge is -2.32. The monoisotopic (exact) mass is 427 g/mol. The lowest BCUT2D eigenvalue weighted by atomic mass is 9.97. The number of amides is 1. The zero-order valence-corrected chi connectivity index (χ0v) is 16.1. The number of aromatic nitrogens is 5. The molecule has 1 aromatic carbocycles. The molecule has 27 heavy (non-hydrogen) atoms. The second kappa shape index (κ2) is 7.83. The van der Waals surface area contributed by atoms with Crippen LogP contribution in [0.4, 0.5) is 11.5 Å². The highest BCUT2D eigenvalue weighted by atomic mass is 79.9. The summed E-state index contributed by atoms with van der Waals surface area (Å²) in [4.78, 5) is 18.7. The maximum Gasteiger partial charge on any atom is 0.229 e. The van der Waals surface area contributed by atoms with Gasteiger partial charge < -0.3 is 10.2 Å². The van der Waals surface area contributed by atoms with Crippen LogP contribution in [-0.2, 0) is 4.79 Å². The number of hydrogen-bond acceptors (Lipinski definition) is 6. The van der Waals surface area contributed by atoms with Crippen LogP contribution in [0.2, 0.25) is 0 Å². The maximum atomic E-state index is 12.7. The minimum atomic E-state index is -0.0948. The number of para-hydroxylation sites is 1. The van der Waals surface area contributed by atoms with Gasteiger partial charge in [0.05, 0.1) is 11.6 Å². The van der Waals surface area contributed by atoms with Crippen molar-refractivity contribution in [1.82, 2.24) is 25.0 Å². The van der Waals surface area contributed by atoms with E-state index in [9.17, 15) is 4.79 Å². The van der Waals surface area contributed by atoms with Crippen LogP contribution in [-0.4, -0.2) is 44.0 Å². The normalized spacial score (nSPS) is 16.9. The van der Waals surface area contributed by atoms with Crippen LogP contribution in [0.3, 0.4) is 0 Å². The van der Waals surface area contributed by atoms with Gasteiger partial charge in [-0.25, -0.2) is 9.67 Å². The third-order valence-corrected chi connectivity index (χ3v) is 5.23. The van der Waals surface area contributed by atoms with Crippen molar-refractivity contribution in [2.45, 2.75) is 12.8 Å². The van der Waals surface area contributed by atoms with Crippen molar-refractivity contribution in [1.29, 1.82) is 0 Å². The number of nitrogens with zero attached hydrogens (tertiary/aromatic N) is 6. The van der Waals surface area contributed by atoms with E-state index in [2.05, 4.69) is 46.4 Å². The van der Waals surface area contributed by atoms with Gasteiger partial charge in [-0.1, -0.05) is 12.1 Å². The Kier molecular flexibility index (Phi) is 5.10. The topological polar surface area (TPSA) is 88.8 Å². The molecular formula is C18H18BrN7O. The number of nitrogens with one attached hydrogen (secondary N) is 1. The molecule has 1 N–H and O–H groups in total. The van der Waals surface area contributed by atoms with E-state index in [1.54, 1.807) is 11.0 Å². The Bertz CT molecular complexity index is 914. The second-order valence-electron chi connectivity index (χ2n) is 6.34. The Balaban J connectivity index is 1.43. The van der Waals surface area contributed by atoms with Crippen LogP contribution in [0.1, 0.15) is 12.8 Å². The summed E-state index contributed by atoms with van der Waals surface area (Å²) >= 11 is 3.47. The fourth-order valence-electron chi connectivity index (χ4n) is 3.13. The van der Waals surface area contributed by atoms with Gasteiger partial charge in [-0.05, 0) is 53.0 Å². The summed E-state index contributed by atoms with van der Waals surface area (Å²) in [7, 11) is 0. The molecule has 1 aliphatic rings. The highest BCUT2D eigenvalue weighted by Crippen LogP contribution is 2.25. The van der Waals surface area contributed by atoms with Crippen molar-refractivity contribution in [3.63, 3.8) is 0 Å². The van der Waals surface area contributed by atoms with E-state index in [1.807, 2.05) is 36.4 Å². The quantitative estimate of drug-likeness (QED) is 0.688. The van der Waals surface area contributed by atoms with Gasteiger partial charge in [0, 0.05) is 17.6 Å². The molecule has 1 atom stereocenters. The molecule has 2 aromatic heterocycles. The molecule has 0 radical (unpaired) electrons. The Hall–Kier alpha value is -2.81. The number of hydrogen-bond donors (Lipinski definition) is 1. The Morgan fingerprint density at radius 3 is 2.70 bits per heavy atom. The molecular weight excluding hydrogens is 410 g/mol. The van der Waals surface area contributed by atoms with Gasteiger partial charge in [-0.15, -0.1) is 10.2 Å². The molecule has 1 saturated heterocycles. The average Bonchev–Trinajstić information content (AvgIpc) is 3.25. The molecule has 1 fully saturated rings. The number of carbonyl (C=O) groups is 1. The van der Waals surface area contributed by atoms with E-state index >= 15 is 0 Å². The Morgan fingerprint density at radius 2 is 1.96 bits per heavy atom. The van der Waals surface area contributed by atoms with E-state index in [0.717, 1.165) is 35.4 Å². The van der Waals surface area contributed by atoms with Crippen LogP contribution in [0, 0.1) is 5.92 Å². The molecule has 4 rings (SSSR count). The van der Waals surface area contributed by atoms with E-state index < -0.39 is 0 Å². The van der Waals surface area contributed by atoms with Gasteiger partial charge in [-0.2, -0.15) is 5.10 Å². The van der Waals surface area contributed by atoms with Crippen molar-refractivity contribution in [2.24, 2.45) is 5.92 Å². The van der Waals surface area contributed by atoms with Gasteiger partial charge in [0.1, 0.15) is 12.7 Å². The molecule has 0 spiro atoms. The third-order valence-electron chi connectivity index (χ3n) is 4.54. The van der Waals surface area contributed by atoms with Crippen molar-refractivity contribution >= 4 is 33.3 Å². The van der Waals surface area contributed by atoms with E-state index in [-0.39, 0.29) is 11.8 Å². The molecule has 1 amide bonds. The third kappa shape index (κ3) is 3.97. The second-order valence-corrected chi connectivity index (χ2v) is 7.20.